The Labute approximate surface area is 266 Å². The first kappa shape index (κ1) is 31.6. The smallest absolute Gasteiger partial charge is 0.399 e. The number of nitrogens with one attached hydrogen (secondary N) is 1. The Bertz CT molecular complexity index is 1600. The largest absolute Gasteiger partial charge is 0.495 e. The van der Waals surface area contributed by atoms with Gasteiger partial charge >= 0.3 is 13.3 Å². The van der Waals surface area contributed by atoms with E-state index in [1.807, 2.05) is 45.6 Å². The van der Waals surface area contributed by atoms with Crippen LogP contribution in [0, 0.1) is 5.82 Å². The van der Waals surface area contributed by atoms with Gasteiger partial charge in [-0.15, -0.1) is 0 Å². The van der Waals surface area contributed by atoms with Crippen LogP contribution in [0.5, 0.6) is 0 Å². The number of carbonyl (C=O) groups is 1. The summed E-state index contributed by atoms with van der Waals surface area (Å²) in [5.41, 5.74) is -1.30. The van der Waals surface area contributed by atoms with Gasteiger partial charge in [0, 0.05) is 35.3 Å². The molecule has 46 heavy (non-hydrogen) atoms. The van der Waals surface area contributed by atoms with Crippen LogP contribution >= 0.6 is 0 Å². The summed E-state index contributed by atoms with van der Waals surface area (Å²) in [5, 5.41) is 2.86. The lowest BCUT2D eigenvalue weighted by Crippen LogP contribution is -2.49. The summed E-state index contributed by atoms with van der Waals surface area (Å²) in [6.07, 6.45) is -0.414. The van der Waals surface area contributed by atoms with Crippen molar-refractivity contribution in [2.24, 2.45) is 4.99 Å². The molecule has 4 heterocycles. The molecule has 1 spiro atoms. The van der Waals surface area contributed by atoms with Gasteiger partial charge in [-0.3, -0.25) is 9.79 Å². The van der Waals surface area contributed by atoms with E-state index >= 15 is 4.39 Å². The highest BCUT2D eigenvalue weighted by Crippen LogP contribution is 2.49. The quantitative estimate of drug-likeness (QED) is 0.331. The lowest BCUT2D eigenvalue weighted by molar-refractivity contribution is -0.141. The van der Waals surface area contributed by atoms with Crippen LogP contribution in [0.15, 0.2) is 29.3 Å². The first-order chi connectivity index (χ1) is 21.5. The van der Waals surface area contributed by atoms with Gasteiger partial charge in [-0.1, -0.05) is 6.92 Å². The van der Waals surface area contributed by atoms with E-state index in [2.05, 4.69) is 10.3 Å². The number of pyridine rings is 1. The third kappa shape index (κ3) is 5.51. The van der Waals surface area contributed by atoms with Crippen LogP contribution in [-0.4, -0.2) is 59.8 Å². The minimum Gasteiger partial charge on any atom is -0.399 e. The Hall–Kier alpha value is -3.03. The molecule has 1 amide bonds. The first-order valence-electron chi connectivity index (χ1n) is 16.1. The van der Waals surface area contributed by atoms with Crippen LogP contribution in [-0.2, 0) is 37.0 Å². The highest BCUT2D eigenvalue weighted by molar-refractivity contribution is 6.62. The van der Waals surface area contributed by atoms with Gasteiger partial charge < -0.3 is 24.3 Å². The van der Waals surface area contributed by atoms with Crippen molar-refractivity contribution in [3.05, 3.63) is 52.6 Å². The summed E-state index contributed by atoms with van der Waals surface area (Å²) < 4.78 is 74.8. The van der Waals surface area contributed by atoms with Crippen LogP contribution < -0.4 is 15.7 Å². The van der Waals surface area contributed by atoms with E-state index < -0.39 is 47.0 Å². The fourth-order valence-electron chi connectivity index (χ4n) is 6.41. The van der Waals surface area contributed by atoms with Crippen LogP contribution in [0.4, 0.5) is 23.2 Å². The van der Waals surface area contributed by atoms with E-state index in [1.54, 1.807) is 0 Å². The number of nitrogens with zero attached hydrogens (tertiary/aromatic N) is 3. The van der Waals surface area contributed by atoms with Crippen LogP contribution in [0.1, 0.15) is 95.7 Å². The molecule has 0 bridgehead atoms. The Morgan fingerprint density at radius 2 is 1.67 bits per heavy atom. The molecule has 2 aromatic rings. The van der Waals surface area contributed by atoms with E-state index in [0.29, 0.717) is 66.7 Å². The number of alkyl halides is 3. The molecule has 0 unspecified atom stereocenters. The van der Waals surface area contributed by atoms with Crippen molar-refractivity contribution in [2.45, 2.75) is 114 Å². The molecule has 5 aliphatic rings. The fraction of sp³-hybridized carbons (Fsp3) is 0.606. The minimum absolute atomic E-state index is 0.127. The third-order valence-corrected chi connectivity index (χ3v) is 10.6. The lowest BCUT2D eigenvalue weighted by Gasteiger charge is -2.38. The third-order valence-electron chi connectivity index (χ3n) is 10.6. The minimum atomic E-state index is -4.57. The van der Waals surface area contributed by atoms with Gasteiger partial charge in [-0.2, -0.15) is 13.2 Å². The van der Waals surface area contributed by atoms with Crippen molar-refractivity contribution in [2.75, 3.05) is 18.0 Å². The van der Waals surface area contributed by atoms with Crippen molar-refractivity contribution in [1.29, 1.82) is 0 Å². The predicted molar refractivity (Wildman–Crippen MR) is 165 cm³/mol. The summed E-state index contributed by atoms with van der Waals surface area (Å²) >= 11 is 0. The molecule has 3 aliphatic heterocycles. The average Bonchev–Trinajstić information content (AvgIpc) is 3.91. The Kier molecular flexibility index (Phi) is 7.20. The maximum Gasteiger partial charge on any atom is 0.495 e. The molecule has 1 N–H and O–H groups in total. The number of anilines is 1. The molecule has 2 saturated heterocycles. The van der Waals surface area contributed by atoms with Gasteiger partial charge in [-0.05, 0) is 95.9 Å². The predicted octanol–water partition coefficient (Wildman–Crippen LogP) is 5.18. The van der Waals surface area contributed by atoms with Crippen LogP contribution in [0.2, 0.25) is 0 Å². The first-order valence-corrected chi connectivity index (χ1v) is 16.1. The molecule has 2 aliphatic carbocycles. The number of ether oxygens (including phenoxy) is 1. The summed E-state index contributed by atoms with van der Waals surface area (Å²) in [7, 11) is -0.750. The molecule has 1 aromatic carbocycles. The monoisotopic (exact) mass is 642 g/mol. The molecule has 7 rings (SSSR count). The number of benzene rings is 1. The number of rotatable bonds is 7. The summed E-state index contributed by atoms with van der Waals surface area (Å²) in [4.78, 5) is 24.4. The molecule has 0 atom stereocenters. The van der Waals surface area contributed by atoms with E-state index in [1.165, 1.54) is 12.1 Å². The number of aromatic nitrogens is 1. The Balaban J connectivity index is 1.16. The number of hydrogen-bond acceptors (Lipinski definition) is 7. The molecular weight excluding hydrogens is 603 g/mol. The zero-order chi connectivity index (χ0) is 32.9. The number of piperidine rings is 1. The van der Waals surface area contributed by atoms with Crippen molar-refractivity contribution in [1.82, 2.24) is 10.3 Å². The van der Waals surface area contributed by atoms with Crippen molar-refractivity contribution >= 4 is 30.0 Å². The molecule has 1 aromatic heterocycles. The molecule has 0 radical (unpaired) electrons. The highest BCUT2D eigenvalue weighted by Gasteiger charge is 2.53. The number of amidine groups is 1. The van der Waals surface area contributed by atoms with E-state index in [9.17, 15) is 18.0 Å². The normalized spacial score (nSPS) is 24.4. The highest BCUT2D eigenvalue weighted by atomic mass is 19.4. The van der Waals surface area contributed by atoms with E-state index in [4.69, 9.17) is 19.0 Å². The number of halogens is 4. The Morgan fingerprint density at radius 3 is 2.26 bits per heavy atom. The average molecular weight is 643 g/mol. The molecule has 8 nitrogen and oxygen atoms in total. The number of carbonyl (C=O) groups excluding carboxylic acids is 1. The van der Waals surface area contributed by atoms with Crippen LogP contribution in [0.25, 0.3) is 0 Å². The van der Waals surface area contributed by atoms with Gasteiger partial charge in [0.1, 0.15) is 22.9 Å². The molecule has 4 fully saturated rings. The van der Waals surface area contributed by atoms with Gasteiger partial charge in [0.25, 0.3) is 5.91 Å². The summed E-state index contributed by atoms with van der Waals surface area (Å²) in [5.74, 6) is -0.434. The summed E-state index contributed by atoms with van der Waals surface area (Å²) in [6, 6.07) is 5.67. The second kappa shape index (κ2) is 10.5. The summed E-state index contributed by atoms with van der Waals surface area (Å²) in [6.45, 7) is 10.6. The fourth-order valence-corrected chi connectivity index (χ4v) is 6.41. The van der Waals surface area contributed by atoms with Gasteiger partial charge in [0.05, 0.1) is 29.6 Å². The standard InChI is InChI=1S/C33H39BF4N4O4/c1-29(2)30(3,4)46-34(45-29)19-16-23(35)22(18-44-20-6-7-20)24(17-19)42-14-12-32(13-15-42)28(43)40-27(41-32)21-8-9-25(33(36,37)38)39-26(21)31(5)10-11-31/h8-9,16-17,20H,6-7,10-15,18H2,1-5H3,(H,40,41,43). The Morgan fingerprint density at radius 1 is 1.02 bits per heavy atom. The maximum atomic E-state index is 15.8. The van der Waals surface area contributed by atoms with Crippen molar-refractivity contribution in [3.8, 4) is 0 Å². The molecule has 13 heteroatoms. The number of amides is 1. The van der Waals surface area contributed by atoms with E-state index in [0.717, 1.165) is 18.9 Å². The number of aliphatic imine (C=N–C) groups is 1. The molecule has 2 saturated carbocycles. The zero-order valence-corrected chi connectivity index (χ0v) is 26.8. The lowest BCUT2D eigenvalue weighted by atomic mass is 9.78. The second-order valence-corrected chi connectivity index (χ2v) is 14.7. The zero-order valence-electron chi connectivity index (χ0n) is 26.8. The van der Waals surface area contributed by atoms with Gasteiger partial charge in [-0.25, -0.2) is 9.37 Å². The van der Waals surface area contributed by atoms with Crippen molar-refractivity contribution < 1.29 is 36.4 Å². The van der Waals surface area contributed by atoms with Crippen molar-refractivity contribution in [3.63, 3.8) is 0 Å². The SMILES string of the molecule is CC1(c2nc(C(F)(F)F)ccc2C2=NC3(CCN(c4cc(B5OC(C)(C)C(C)(C)O5)cc(F)c4COC4CC4)CC3)C(=O)N2)CC1. The topological polar surface area (TPSA) is 85.3 Å². The van der Waals surface area contributed by atoms with Gasteiger partial charge in [0.2, 0.25) is 0 Å². The maximum absolute atomic E-state index is 15.8. The van der Waals surface area contributed by atoms with Crippen LogP contribution in [0.3, 0.4) is 0 Å². The second-order valence-electron chi connectivity index (χ2n) is 14.7. The molecule has 246 valence electrons. The van der Waals surface area contributed by atoms with Gasteiger partial charge in [0.15, 0.2) is 0 Å². The number of hydrogen-bond donors (Lipinski definition) is 1. The van der Waals surface area contributed by atoms with E-state index in [-0.39, 0.29) is 24.5 Å². The molecular formula is C33H39BF4N4O4.